The molecule has 1 saturated heterocycles. The molecule has 3 aromatic rings. The Kier molecular flexibility index (Phi) is 6.16. The summed E-state index contributed by atoms with van der Waals surface area (Å²) in [6.07, 6.45) is 0. The molecule has 7 nitrogen and oxygen atoms in total. The number of nitrogens with one attached hydrogen (secondary N) is 1. The lowest BCUT2D eigenvalue weighted by Crippen LogP contribution is -2.40. The van der Waals surface area contributed by atoms with Crippen molar-refractivity contribution in [2.75, 3.05) is 37.4 Å². The summed E-state index contributed by atoms with van der Waals surface area (Å²) in [6, 6.07) is 14.2. The Morgan fingerprint density at radius 3 is 2.76 bits per heavy atom. The molecule has 1 aromatic heterocycles. The Hall–Kier alpha value is -1.98. The molecule has 0 radical (unpaired) electrons. The molecule has 0 atom stereocenters. The van der Waals surface area contributed by atoms with Gasteiger partial charge in [-0.3, -0.25) is 4.79 Å². The number of carbonyl (C=O) groups is 1. The molecule has 0 aliphatic carbocycles. The maximum atomic E-state index is 12.8. The molecule has 10 heteroatoms. The zero-order valence-electron chi connectivity index (χ0n) is 15.4. The summed E-state index contributed by atoms with van der Waals surface area (Å²) < 4.78 is 34.1. The van der Waals surface area contributed by atoms with Gasteiger partial charge < -0.3 is 10.1 Å². The molecule has 2 heterocycles. The minimum atomic E-state index is -3.60. The second-order valence-corrected chi connectivity index (χ2v) is 10.5. The molecule has 1 fully saturated rings. The maximum absolute atomic E-state index is 12.8. The number of hydrogen-bond donors (Lipinski definition) is 1. The van der Waals surface area contributed by atoms with Gasteiger partial charge in [-0.25, -0.2) is 13.4 Å². The summed E-state index contributed by atoms with van der Waals surface area (Å²) in [6.45, 7) is 1.44. The zero-order valence-corrected chi connectivity index (χ0v) is 17.9. The molecule has 2 aromatic carbocycles. The van der Waals surface area contributed by atoms with E-state index in [0.29, 0.717) is 32.0 Å². The highest BCUT2D eigenvalue weighted by atomic mass is 32.2. The van der Waals surface area contributed by atoms with Crippen LogP contribution in [0.15, 0.2) is 57.8 Å². The van der Waals surface area contributed by atoms with Gasteiger partial charge in [-0.05, 0) is 30.3 Å². The number of aromatic nitrogens is 1. The fraction of sp³-hybridized carbons (Fsp3) is 0.263. The molecular formula is C19H19N3O4S3. The number of sulfonamides is 1. The van der Waals surface area contributed by atoms with Crippen molar-refractivity contribution in [3.05, 3.63) is 48.5 Å². The molecular weight excluding hydrogens is 430 g/mol. The van der Waals surface area contributed by atoms with Gasteiger partial charge in [-0.15, -0.1) is 11.3 Å². The van der Waals surface area contributed by atoms with Crippen molar-refractivity contribution in [1.82, 2.24) is 9.29 Å². The van der Waals surface area contributed by atoms with Gasteiger partial charge in [0.25, 0.3) is 0 Å². The van der Waals surface area contributed by atoms with Crippen LogP contribution in [-0.4, -0.2) is 55.7 Å². The summed E-state index contributed by atoms with van der Waals surface area (Å²) in [7, 11) is -3.60. The van der Waals surface area contributed by atoms with Crippen molar-refractivity contribution < 1.29 is 17.9 Å². The van der Waals surface area contributed by atoms with Crippen LogP contribution >= 0.6 is 23.1 Å². The third-order valence-electron chi connectivity index (χ3n) is 4.33. The van der Waals surface area contributed by atoms with Crippen LogP contribution in [0, 0.1) is 0 Å². The van der Waals surface area contributed by atoms with Crippen LogP contribution < -0.4 is 5.32 Å². The molecule has 1 amide bonds. The van der Waals surface area contributed by atoms with Gasteiger partial charge >= 0.3 is 0 Å². The number of amides is 1. The second-order valence-electron chi connectivity index (χ2n) is 6.33. The molecule has 1 aliphatic rings. The van der Waals surface area contributed by atoms with Crippen LogP contribution in [0.5, 0.6) is 0 Å². The predicted molar refractivity (Wildman–Crippen MR) is 115 cm³/mol. The first-order valence-electron chi connectivity index (χ1n) is 8.98. The first-order chi connectivity index (χ1) is 14.0. The lowest BCUT2D eigenvalue weighted by molar-refractivity contribution is -0.113. The number of ether oxygens (including phenoxy) is 1. The molecule has 152 valence electrons. The number of carbonyl (C=O) groups excluding carboxylic acids is 1. The van der Waals surface area contributed by atoms with Crippen LogP contribution in [0.1, 0.15) is 0 Å². The topological polar surface area (TPSA) is 88.6 Å². The Morgan fingerprint density at radius 2 is 1.97 bits per heavy atom. The third-order valence-corrected chi connectivity index (χ3v) is 8.40. The average Bonchev–Trinajstić information content (AvgIpc) is 3.16. The number of para-hydroxylation sites is 1. The number of nitrogens with zero attached hydrogens (tertiary/aromatic N) is 2. The third kappa shape index (κ3) is 4.78. The molecule has 29 heavy (non-hydrogen) atoms. The van der Waals surface area contributed by atoms with Crippen molar-refractivity contribution in [3.8, 4) is 0 Å². The van der Waals surface area contributed by atoms with E-state index in [1.54, 1.807) is 23.5 Å². The van der Waals surface area contributed by atoms with E-state index < -0.39 is 10.0 Å². The Bertz CT molecular complexity index is 1090. The van der Waals surface area contributed by atoms with E-state index in [-0.39, 0.29) is 16.6 Å². The minimum Gasteiger partial charge on any atom is -0.379 e. The number of rotatable bonds is 6. The summed E-state index contributed by atoms with van der Waals surface area (Å²) in [5, 5.41) is 2.77. The van der Waals surface area contributed by atoms with E-state index in [1.165, 1.54) is 28.2 Å². The highest BCUT2D eigenvalue weighted by Gasteiger charge is 2.26. The summed E-state index contributed by atoms with van der Waals surface area (Å²) in [5.74, 6) is -0.0181. The lowest BCUT2D eigenvalue weighted by atomic mass is 10.3. The summed E-state index contributed by atoms with van der Waals surface area (Å²) in [5.41, 5.74) is 1.37. The zero-order chi connectivity index (χ0) is 20.3. The lowest BCUT2D eigenvalue weighted by Gasteiger charge is -2.26. The van der Waals surface area contributed by atoms with Crippen LogP contribution in [-0.2, 0) is 19.6 Å². The number of thioether (sulfide) groups is 1. The number of morpholine rings is 1. The Balaban J connectivity index is 1.40. The quantitative estimate of drug-likeness (QED) is 0.582. The maximum Gasteiger partial charge on any atom is 0.243 e. The van der Waals surface area contributed by atoms with E-state index in [1.807, 2.05) is 24.3 Å². The molecule has 0 spiro atoms. The van der Waals surface area contributed by atoms with Crippen molar-refractivity contribution in [1.29, 1.82) is 0 Å². The predicted octanol–water partition coefficient (Wildman–Crippen LogP) is 3.05. The van der Waals surface area contributed by atoms with E-state index in [9.17, 15) is 13.2 Å². The largest absolute Gasteiger partial charge is 0.379 e. The van der Waals surface area contributed by atoms with Crippen LogP contribution in [0.4, 0.5) is 5.69 Å². The van der Waals surface area contributed by atoms with Crippen LogP contribution in [0.2, 0.25) is 0 Å². The fourth-order valence-electron chi connectivity index (χ4n) is 2.91. The van der Waals surface area contributed by atoms with Crippen molar-refractivity contribution in [2.45, 2.75) is 9.24 Å². The smallest absolute Gasteiger partial charge is 0.243 e. The fourth-order valence-corrected chi connectivity index (χ4v) is 6.23. The Labute approximate surface area is 177 Å². The molecule has 0 saturated carbocycles. The number of thiazole rings is 1. The SMILES string of the molecule is O=C(CSc1nc2ccccc2s1)Nc1cccc(S(=O)(=O)N2CCOCC2)c1. The number of fused-ring (bicyclic) bond motifs is 1. The van der Waals surface area contributed by atoms with Gasteiger partial charge in [-0.2, -0.15) is 4.31 Å². The molecule has 4 rings (SSSR count). The normalized spacial score (nSPS) is 15.4. The van der Waals surface area contributed by atoms with Crippen molar-refractivity contribution in [2.24, 2.45) is 0 Å². The number of benzene rings is 2. The molecule has 0 bridgehead atoms. The minimum absolute atomic E-state index is 0.163. The number of anilines is 1. The molecule has 1 aliphatic heterocycles. The van der Waals surface area contributed by atoms with Crippen LogP contribution in [0.3, 0.4) is 0 Å². The van der Waals surface area contributed by atoms with Gasteiger partial charge in [-0.1, -0.05) is 30.0 Å². The van der Waals surface area contributed by atoms with Gasteiger partial charge in [0.15, 0.2) is 4.34 Å². The van der Waals surface area contributed by atoms with E-state index in [4.69, 9.17) is 4.74 Å². The highest BCUT2D eigenvalue weighted by Crippen LogP contribution is 2.29. The van der Waals surface area contributed by atoms with Crippen molar-refractivity contribution >= 4 is 54.9 Å². The summed E-state index contributed by atoms with van der Waals surface area (Å²) >= 11 is 2.90. The first kappa shape index (κ1) is 20.3. The first-order valence-corrected chi connectivity index (χ1v) is 12.2. The Morgan fingerprint density at radius 1 is 1.17 bits per heavy atom. The standard InChI is InChI=1S/C19H19N3O4S3/c23-18(13-27-19-21-16-6-1-2-7-17(16)28-19)20-14-4-3-5-15(12-14)29(24,25)22-8-10-26-11-9-22/h1-7,12H,8-11,13H2,(H,20,23). The van der Waals surface area contributed by atoms with Gasteiger partial charge in [0.05, 0.1) is 34.1 Å². The van der Waals surface area contributed by atoms with Gasteiger partial charge in [0.2, 0.25) is 15.9 Å². The van der Waals surface area contributed by atoms with Crippen LogP contribution in [0.25, 0.3) is 10.2 Å². The van der Waals surface area contributed by atoms with Crippen molar-refractivity contribution in [3.63, 3.8) is 0 Å². The molecule has 1 N–H and O–H groups in total. The molecule has 0 unspecified atom stereocenters. The second kappa shape index (κ2) is 8.80. The van der Waals surface area contributed by atoms with E-state index in [0.717, 1.165) is 14.6 Å². The average molecular weight is 450 g/mol. The summed E-state index contributed by atoms with van der Waals surface area (Å²) in [4.78, 5) is 17.0. The van der Waals surface area contributed by atoms with E-state index >= 15 is 0 Å². The van der Waals surface area contributed by atoms with Gasteiger partial charge in [0.1, 0.15) is 0 Å². The van der Waals surface area contributed by atoms with E-state index in [2.05, 4.69) is 10.3 Å². The highest BCUT2D eigenvalue weighted by molar-refractivity contribution is 8.01. The van der Waals surface area contributed by atoms with Gasteiger partial charge in [0, 0.05) is 18.8 Å². The number of hydrogen-bond acceptors (Lipinski definition) is 7. The monoisotopic (exact) mass is 449 g/mol.